The molecule has 4 N–H and O–H groups in total. The lowest BCUT2D eigenvalue weighted by atomic mass is 10.3. The van der Waals surface area contributed by atoms with Gasteiger partial charge >= 0.3 is 15.2 Å². The van der Waals surface area contributed by atoms with Crippen LogP contribution in [0.2, 0.25) is 5.02 Å². The second-order valence-corrected chi connectivity index (χ2v) is 7.40. The lowest BCUT2D eigenvalue weighted by Crippen LogP contribution is -2.14. The van der Waals surface area contributed by atoms with Crippen LogP contribution in [0.3, 0.4) is 0 Å². The van der Waals surface area contributed by atoms with Gasteiger partial charge in [-0.25, -0.2) is 4.98 Å². The van der Waals surface area contributed by atoms with Crippen molar-refractivity contribution in [3.05, 3.63) is 29.0 Å². The summed E-state index contributed by atoms with van der Waals surface area (Å²) < 4.78 is 23.4. The van der Waals surface area contributed by atoms with Crippen LogP contribution in [-0.4, -0.2) is 29.0 Å². The molecule has 2 heterocycles. The molecule has 0 fully saturated rings. The Morgan fingerprint density at radius 1 is 1.21 bits per heavy atom. The van der Waals surface area contributed by atoms with Crippen LogP contribution < -0.4 is 5.44 Å². The average Bonchev–Trinajstić information content (AvgIpc) is 2.64. The van der Waals surface area contributed by atoms with Gasteiger partial charge < -0.3 is 19.6 Å². The summed E-state index contributed by atoms with van der Waals surface area (Å²) in [4.78, 5) is 40.2. The molecule has 11 heteroatoms. The molecule has 0 aliphatic heterocycles. The van der Waals surface area contributed by atoms with Crippen molar-refractivity contribution in [2.24, 2.45) is 0 Å². The second kappa shape index (κ2) is 4.68. The van der Waals surface area contributed by atoms with Gasteiger partial charge in [0.1, 0.15) is 5.65 Å². The zero-order chi connectivity index (χ0) is 14.4. The van der Waals surface area contributed by atoms with Crippen LogP contribution in [0, 0.1) is 0 Å². The summed E-state index contributed by atoms with van der Waals surface area (Å²) >= 11 is 5.84. The van der Waals surface area contributed by atoms with Gasteiger partial charge in [-0.3, -0.25) is 13.5 Å². The van der Waals surface area contributed by atoms with Gasteiger partial charge in [0.25, 0.3) is 0 Å². The molecule has 0 bridgehead atoms. The van der Waals surface area contributed by atoms with Crippen molar-refractivity contribution in [1.29, 1.82) is 0 Å². The van der Waals surface area contributed by atoms with Crippen molar-refractivity contribution >= 4 is 37.9 Å². The van der Waals surface area contributed by atoms with Crippen LogP contribution >= 0.6 is 26.8 Å². The first-order valence-corrected chi connectivity index (χ1v) is 8.64. The largest absolute Gasteiger partial charge is 0.374 e. The van der Waals surface area contributed by atoms with E-state index in [4.69, 9.17) is 21.4 Å². The Kier molecular flexibility index (Phi) is 3.62. The highest BCUT2D eigenvalue weighted by Gasteiger charge is 2.27. The predicted octanol–water partition coefficient (Wildman–Crippen LogP) is 0.468. The van der Waals surface area contributed by atoms with Crippen molar-refractivity contribution in [3.63, 3.8) is 0 Å². The third kappa shape index (κ3) is 3.07. The van der Waals surface area contributed by atoms with Crippen molar-refractivity contribution in [1.82, 2.24) is 9.38 Å². The Bertz CT molecular complexity index is 732. The minimum Gasteiger partial charge on any atom is -0.324 e. The molecule has 2 aromatic heterocycles. The average molecular weight is 327 g/mol. The maximum atomic E-state index is 11.3. The molecular weight excluding hydrogens is 317 g/mol. The molecule has 19 heavy (non-hydrogen) atoms. The standard InChI is InChI=1S/C8H9ClN2O6P2/c9-5-1-2-7-10-3-8(19(15,16)17)11(7)6(5)4-18(12,13)14/h1-3H,4H2,(H2,12,13,14)(H2,15,16,17). The van der Waals surface area contributed by atoms with E-state index in [1.165, 1.54) is 12.1 Å². The number of fused-ring (bicyclic) bond motifs is 1. The van der Waals surface area contributed by atoms with Gasteiger partial charge in [0.2, 0.25) is 0 Å². The first-order chi connectivity index (χ1) is 8.59. The first kappa shape index (κ1) is 14.7. The summed E-state index contributed by atoms with van der Waals surface area (Å²) in [7, 11) is -9.09. The summed E-state index contributed by atoms with van der Waals surface area (Å²) in [6, 6.07) is 2.75. The molecule has 0 amide bonds. The first-order valence-electron chi connectivity index (χ1n) is 4.85. The normalized spacial score (nSPS) is 13.1. The van der Waals surface area contributed by atoms with Gasteiger partial charge in [-0.15, -0.1) is 0 Å². The highest BCUT2D eigenvalue weighted by Crippen LogP contribution is 2.42. The van der Waals surface area contributed by atoms with Gasteiger partial charge in [0.15, 0.2) is 5.44 Å². The Morgan fingerprint density at radius 3 is 2.37 bits per heavy atom. The molecule has 0 radical (unpaired) electrons. The Hall–Kier alpha value is -0.720. The molecular formula is C8H9ClN2O6P2. The summed E-state index contributed by atoms with van der Waals surface area (Å²) in [5.41, 5.74) is -0.414. The SMILES string of the molecule is O=P(O)(O)Cc1c(Cl)ccc2ncc(P(=O)(O)O)n12. The highest BCUT2D eigenvalue weighted by molar-refractivity contribution is 7.60. The lowest BCUT2D eigenvalue weighted by molar-refractivity contribution is 0.370. The molecule has 2 rings (SSSR count). The fourth-order valence-electron chi connectivity index (χ4n) is 1.65. The van der Waals surface area contributed by atoms with E-state index in [0.29, 0.717) is 0 Å². The lowest BCUT2D eigenvalue weighted by Gasteiger charge is -2.12. The molecule has 0 atom stereocenters. The van der Waals surface area contributed by atoms with Gasteiger partial charge in [0.05, 0.1) is 23.1 Å². The molecule has 2 aromatic rings. The van der Waals surface area contributed by atoms with Crippen molar-refractivity contribution in [3.8, 4) is 0 Å². The van der Waals surface area contributed by atoms with Crippen LogP contribution in [0.5, 0.6) is 0 Å². The maximum Gasteiger partial charge on any atom is 0.374 e. The predicted molar refractivity (Wildman–Crippen MR) is 67.6 cm³/mol. The molecule has 0 aliphatic rings. The summed E-state index contributed by atoms with van der Waals surface area (Å²) in [5.74, 6) is 0. The third-order valence-electron chi connectivity index (χ3n) is 2.35. The minimum atomic E-state index is -4.64. The molecule has 104 valence electrons. The number of pyridine rings is 1. The summed E-state index contributed by atoms with van der Waals surface area (Å²) in [6.45, 7) is 0. The third-order valence-corrected chi connectivity index (χ3v) is 4.32. The number of hydrogen-bond donors (Lipinski definition) is 4. The molecule has 0 spiro atoms. The smallest absolute Gasteiger partial charge is 0.324 e. The van der Waals surface area contributed by atoms with Crippen LogP contribution in [-0.2, 0) is 15.3 Å². The van der Waals surface area contributed by atoms with E-state index in [1.807, 2.05) is 0 Å². The van der Waals surface area contributed by atoms with E-state index in [0.717, 1.165) is 10.6 Å². The molecule has 0 aliphatic carbocycles. The number of halogens is 1. The van der Waals surface area contributed by atoms with Gasteiger partial charge in [-0.1, -0.05) is 11.6 Å². The number of rotatable bonds is 3. The van der Waals surface area contributed by atoms with E-state index >= 15 is 0 Å². The van der Waals surface area contributed by atoms with E-state index in [9.17, 15) is 18.9 Å². The maximum absolute atomic E-state index is 11.3. The van der Waals surface area contributed by atoms with Crippen LogP contribution in [0.1, 0.15) is 5.69 Å². The zero-order valence-electron chi connectivity index (χ0n) is 9.21. The van der Waals surface area contributed by atoms with Crippen molar-refractivity contribution in [2.45, 2.75) is 6.16 Å². The zero-order valence-corrected chi connectivity index (χ0v) is 11.8. The van der Waals surface area contributed by atoms with Crippen LogP contribution in [0.4, 0.5) is 0 Å². The van der Waals surface area contributed by atoms with Gasteiger partial charge in [-0.2, -0.15) is 0 Å². The number of imidazole rings is 1. The van der Waals surface area contributed by atoms with E-state index in [1.54, 1.807) is 0 Å². The van der Waals surface area contributed by atoms with Crippen molar-refractivity contribution in [2.75, 3.05) is 0 Å². The Labute approximate surface area is 112 Å². The second-order valence-electron chi connectivity index (χ2n) is 3.80. The molecule has 0 unspecified atom stereocenters. The highest BCUT2D eigenvalue weighted by atomic mass is 35.5. The summed E-state index contributed by atoms with van der Waals surface area (Å²) in [5, 5.41) is -0.0106. The van der Waals surface area contributed by atoms with Crippen molar-refractivity contribution < 1.29 is 28.7 Å². The molecule has 0 saturated carbocycles. The molecule has 8 nitrogen and oxygen atoms in total. The minimum absolute atomic E-state index is 0.0106. The monoisotopic (exact) mass is 326 g/mol. The quantitative estimate of drug-likeness (QED) is 0.602. The Balaban J connectivity index is 2.80. The van der Waals surface area contributed by atoms with Gasteiger partial charge in [-0.05, 0) is 12.1 Å². The fourth-order valence-corrected chi connectivity index (χ4v) is 3.35. The fraction of sp³-hybridized carbons (Fsp3) is 0.125. The Morgan fingerprint density at radius 2 is 1.84 bits per heavy atom. The number of nitrogens with zero attached hydrogens (tertiary/aromatic N) is 2. The van der Waals surface area contributed by atoms with E-state index < -0.39 is 26.8 Å². The molecule has 0 saturated heterocycles. The topological polar surface area (TPSA) is 132 Å². The summed E-state index contributed by atoms with van der Waals surface area (Å²) in [6.07, 6.45) is 0.210. The van der Waals surface area contributed by atoms with E-state index in [2.05, 4.69) is 4.98 Å². The van der Waals surface area contributed by atoms with Gasteiger partial charge in [0, 0.05) is 0 Å². The number of hydrogen-bond acceptors (Lipinski definition) is 3. The van der Waals surface area contributed by atoms with E-state index in [-0.39, 0.29) is 16.4 Å². The molecule has 0 aromatic carbocycles. The van der Waals surface area contributed by atoms with Crippen LogP contribution in [0.15, 0.2) is 18.3 Å². The number of aromatic nitrogens is 2. The van der Waals surface area contributed by atoms with Crippen LogP contribution in [0.25, 0.3) is 5.65 Å².